The van der Waals surface area contributed by atoms with Gasteiger partial charge in [-0.05, 0) is 42.3 Å². The molecule has 0 unspecified atom stereocenters. The molecule has 2 aromatic rings. The molecule has 0 saturated carbocycles. The van der Waals surface area contributed by atoms with Crippen molar-refractivity contribution in [1.29, 1.82) is 0 Å². The zero-order valence-electron chi connectivity index (χ0n) is 16.6. The van der Waals surface area contributed by atoms with Gasteiger partial charge in [0.25, 0.3) is 0 Å². The average molecular weight is 502 g/mol. The molecule has 3 rings (SSSR count). The van der Waals surface area contributed by atoms with E-state index in [-0.39, 0.29) is 40.1 Å². The Hall–Kier alpha value is -2.37. The molecule has 1 saturated heterocycles. The monoisotopic (exact) mass is 501 g/mol. The number of amides is 1. The van der Waals surface area contributed by atoms with Crippen LogP contribution in [0.25, 0.3) is 0 Å². The van der Waals surface area contributed by atoms with Crippen LogP contribution < -0.4 is 11.1 Å². The van der Waals surface area contributed by atoms with Gasteiger partial charge in [-0.3, -0.25) is 4.79 Å². The predicted octanol–water partition coefficient (Wildman–Crippen LogP) is 1.60. The van der Waals surface area contributed by atoms with Gasteiger partial charge in [-0.15, -0.1) is 0 Å². The van der Waals surface area contributed by atoms with Crippen molar-refractivity contribution < 1.29 is 28.2 Å². The fourth-order valence-corrected chi connectivity index (χ4v) is 5.87. The van der Waals surface area contributed by atoms with E-state index >= 15 is 0 Å². The van der Waals surface area contributed by atoms with Gasteiger partial charge in [0.2, 0.25) is 15.9 Å². The first-order chi connectivity index (χ1) is 15.0. The molecule has 9 nitrogen and oxygen atoms in total. The highest BCUT2D eigenvalue weighted by molar-refractivity contribution is 7.89. The lowest BCUT2D eigenvalue weighted by molar-refractivity contribution is -0.142. The van der Waals surface area contributed by atoms with Crippen LogP contribution in [0.2, 0.25) is 10.0 Å². The highest BCUT2D eigenvalue weighted by Gasteiger charge is 2.43. The number of halogens is 2. The number of sulfonamides is 1. The van der Waals surface area contributed by atoms with Crippen molar-refractivity contribution in [3.05, 3.63) is 58.1 Å². The molecule has 12 heteroatoms. The number of benzene rings is 2. The third-order valence-corrected chi connectivity index (χ3v) is 7.31. The summed E-state index contributed by atoms with van der Waals surface area (Å²) in [5.41, 5.74) is 6.50. The Morgan fingerprint density at radius 1 is 1.16 bits per heavy atom. The number of phenolic OH excluding ortho intramolecular Hbond substituents is 1. The number of nitrogens with two attached hydrogens (primary N) is 1. The van der Waals surface area contributed by atoms with Crippen LogP contribution >= 0.6 is 23.2 Å². The highest BCUT2D eigenvalue weighted by atomic mass is 35.5. The number of aliphatic carboxylic acids is 1. The number of rotatable bonds is 7. The fourth-order valence-electron chi connectivity index (χ4n) is 3.49. The summed E-state index contributed by atoms with van der Waals surface area (Å²) in [6, 6.07) is 6.54. The second kappa shape index (κ2) is 9.63. The molecule has 0 radical (unpaired) electrons. The van der Waals surface area contributed by atoms with Crippen LogP contribution in [0.3, 0.4) is 0 Å². The zero-order chi connectivity index (χ0) is 23.6. The molecule has 172 valence electrons. The van der Waals surface area contributed by atoms with Crippen LogP contribution in [0.15, 0.2) is 47.4 Å². The molecule has 1 amide bonds. The number of nitrogens with zero attached hydrogens (tertiary/aromatic N) is 1. The summed E-state index contributed by atoms with van der Waals surface area (Å²) in [5.74, 6) is -2.04. The van der Waals surface area contributed by atoms with Crippen molar-refractivity contribution in [2.24, 2.45) is 5.73 Å². The van der Waals surface area contributed by atoms with Gasteiger partial charge in [-0.25, -0.2) is 13.2 Å². The Morgan fingerprint density at radius 2 is 1.75 bits per heavy atom. The maximum Gasteiger partial charge on any atom is 0.326 e. The van der Waals surface area contributed by atoms with Gasteiger partial charge >= 0.3 is 5.97 Å². The first-order valence-electron chi connectivity index (χ1n) is 9.52. The lowest BCUT2D eigenvalue weighted by atomic mass is 10.0. The van der Waals surface area contributed by atoms with Crippen molar-refractivity contribution in [2.45, 2.75) is 35.9 Å². The number of hydrogen-bond donors (Lipinski definition) is 4. The lowest BCUT2D eigenvalue weighted by Gasteiger charge is -2.25. The van der Waals surface area contributed by atoms with Crippen molar-refractivity contribution in [1.82, 2.24) is 9.62 Å². The van der Waals surface area contributed by atoms with E-state index in [1.807, 2.05) is 0 Å². The minimum Gasteiger partial charge on any atom is -0.508 e. The van der Waals surface area contributed by atoms with Crippen molar-refractivity contribution in [3.8, 4) is 5.75 Å². The van der Waals surface area contributed by atoms with E-state index in [2.05, 4.69) is 5.32 Å². The van der Waals surface area contributed by atoms with Crippen molar-refractivity contribution in [3.63, 3.8) is 0 Å². The molecule has 0 aromatic heterocycles. The molecule has 1 fully saturated rings. The Kier molecular flexibility index (Phi) is 7.31. The fraction of sp³-hybridized carbons (Fsp3) is 0.300. The average Bonchev–Trinajstić information content (AvgIpc) is 3.11. The normalized spacial score (nSPS) is 20.1. The van der Waals surface area contributed by atoms with Gasteiger partial charge < -0.3 is 21.3 Å². The first kappa shape index (κ1) is 24.3. The summed E-state index contributed by atoms with van der Waals surface area (Å²) in [6.07, 6.45) is -0.0400. The number of carbonyl (C=O) groups is 2. The second-order valence-corrected chi connectivity index (χ2v) is 10.2. The van der Waals surface area contributed by atoms with Crippen molar-refractivity contribution >= 4 is 45.1 Å². The first-order valence-corrected chi connectivity index (χ1v) is 11.7. The number of hydrogen-bond acceptors (Lipinski definition) is 6. The number of aromatic hydroxyl groups is 1. The lowest BCUT2D eigenvalue weighted by Crippen LogP contribution is -2.51. The minimum absolute atomic E-state index is 0.0188. The van der Waals surface area contributed by atoms with Gasteiger partial charge in [0.1, 0.15) is 17.8 Å². The Bertz CT molecular complexity index is 1110. The van der Waals surface area contributed by atoms with E-state index in [1.165, 1.54) is 42.5 Å². The van der Waals surface area contributed by atoms with Crippen molar-refractivity contribution in [2.75, 3.05) is 6.54 Å². The van der Waals surface area contributed by atoms with Gasteiger partial charge in [-0.2, -0.15) is 4.31 Å². The van der Waals surface area contributed by atoms with Gasteiger partial charge in [-0.1, -0.05) is 35.3 Å². The third-order valence-electron chi connectivity index (χ3n) is 5.02. The van der Waals surface area contributed by atoms with Crippen LogP contribution in [0, 0.1) is 0 Å². The second-order valence-electron chi connectivity index (χ2n) is 7.46. The molecule has 2 aromatic carbocycles. The zero-order valence-corrected chi connectivity index (χ0v) is 18.9. The summed E-state index contributed by atoms with van der Waals surface area (Å²) >= 11 is 11.9. The van der Waals surface area contributed by atoms with E-state index in [1.54, 1.807) is 0 Å². The standard InChI is InChI=1S/C20H21Cl2N3O6S/c21-12-6-13(22)8-16(7-12)32(30,31)25-10-14(23)9-18(25)19(27)24-17(20(28)29)5-11-1-3-15(26)4-2-11/h1-4,6-8,14,17-18,26H,5,9-10,23H2,(H,24,27)(H,28,29)/t14-,17-,18-/m0/s1. The smallest absolute Gasteiger partial charge is 0.326 e. The van der Waals surface area contributed by atoms with E-state index < -0.39 is 40.0 Å². The van der Waals surface area contributed by atoms with Crippen LogP contribution in [0.1, 0.15) is 12.0 Å². The van der Waals surface area contributed by atoms with Crippen LogP contribution in [-0.2, 0) is 26.0 Å². The number of carboxylic acid groups (broad SMARTS) is 1. The maximum atomic E-state index is 13.2. The van der Waals surface area contributed by atoms with Crippen LogP contribution in [0.4, 0.5) is 0 Å². The predicted molar refractivity (Wildman–Crippen MR) is 118 cm³/mol. The summed E-state index contributed by atoms with van der Waals surface area (Å²) in [5, 5.41) is 21.5. The number of phenols is 1. The molecule has 0 bridgehead atoms. The van der Waals surface area contributed by atoms with E-state index in [9.17, 15) is 28.2 Å². The minimum atomic E-state index is -4.18. The number of carboxylic acids is 1. The molecule has 3 atom stereocenters. The van der Waals surface area contributed by atoms with Crippen LogP contribution in [-0.4, -0.2) is 59.5 Å². The SMILES string of the molecule is N[C@H]1C[C@@H](C(=O)N[C@@H](Cc2ccc(O)cc2)C(=O)O)N(S(=O)(=O)c2cc(Cl)cc(Cl)c2)C1. The quantitative estimate of drug-likeness (QED) is 0.449. The molecule has 1 aliphatic heterocycles. The molecular formula is C20H21Cl2N3O6S. The Labute approximate surface area is 194 Å². The number of carbonyl (C=O) groups excluding carboxylic acids is 1. The molecular weight excluding hydrogens is 481 g/mol. The topological polar surface area (TPSA) is 150 Å². The Morgan fingerprint density at radius 3 is 2.31 bits per heavy atom. The summed E-state index contributed by atoms with van der Waals surface area (Å²) in [7, 11) is -4.18. The summed E-state index contributed by atoms with van der Waals surface area (Å²) < 4.78 is 27.3. The molecule has 5 N–H and O–H groups in total. The molecule has 1 heterocycles. The van der Waals surface area contributed by atoms with Crippen LogP contribution in [0.5, 0.6) is 5.75 Å². The molecule has 32 heavy (non-hydrogen) atoms. The molecule has 0 spiro atoms. The molecule has 0 aliphatic carbocycles. The third kappa shape index (κ3) is 5.51. The van der Waals surface area contributed by atoms with E-state index in [0.29, 0.717) is 5.56 Å². The van der Waals surface area contributed by atoms with Gasteiger partial charge in [0, 0.05) is 29.1 Å². The summed E-state index contributed by atoms with van der Waals surface area (Å²) in [4.78, 5) is 24.5. The number of nitrogens with one attached hydrogen (secondary N) is 1. The largest absolute Gasteiger partial charge is 0.508 e. The summed E-state index contributed by atoms with van der Waals surface area (Å²) in [6.45, 7) is -0.125. The maximum absolute atomic E-state index is 13.2. The highest BCUT2D eigenvalue weighted by Crippen LogP contribution is 2.29. The Balaban J connectivity index is 1.83. The molecule has 1 aliphatic rings. The van der Waals surface area contributed by atoms with E-state index in [0.717, 1.165) is 4.31 Å². The van der Waals surface area contributed by atoms with Gasteiger partial charge in [0.05, 0.1) is 4.90 Å². The van der Waals surface area contributed by atoms with Gasteiger partial charge in [0.15, 0.2) is 0 Å². The van der Waals surface area contributed by atoms with E-state index in [4.69, 9.17) is 28.9 Å².